The van der Waals surface area contributed by atoms with E-state index in [1.165, 1.54) is 11.1 Å². The van der Waals surface area contributed by atoms with Gasteiger partial charge in [0.1, 0.15) is 0 Å². The first-order chi connectivity index (χ1) is 16.1. The predicted molar refractivity (Wildman–Crippen MR) is 133 cm³/mol. The quantitative estimate of drug-likeness (QED) is 0.161. The van der Waals surface area contributed by atoms with Gasteiger partial charge in [0.25, 0.3) is 0 Å². The van der Waals surface area contributed by atoms with Crippen LogP contribution in [0.5, 0.6) is 0 Å². The van der Waals surface area contributed by atoms with E-state index in [0.717, 1.165) is 51.4 Å². The lowest BCUT2D eigenvalue weighted by atomic mass is 9.77. The van der Waals surface area contributed by atoms with Crippen molar-refractivity contribution < 1.29 is 19.1 Å². The summed E-state index contributed by atoms with van der Waals surface area (Å²) in [5.41, 5.74) is 1.45. The van der Waals surface area contributed by atoms with Gasteiger partial charge in [-0.3, -0.25) is 9.59 Å². The smallest absolute Gasteiger partial charge is 0.323 e. The summed E-state index contributed by atoms with van der Waals surface area (Å²) in [6.07, 6.45) is 8.57. The number of hydrogen-bond acceptors (Lipinski definition) is 4. The molecule has 0 fully saturated rings. The Bertz CT molecular complexity index is 731. The van der Waals surface area contributed by atoms with E-state index in [4.69, 9.17) is 9.47 Å². The normalized spacial score (nSPS) is 11.2. The number of aryl methyl sites for hydroxylation is 2. The van der Waals surface area contributed by atoms with Gasteiger partial charge in [-0.05, 0) is 63.5 Å². The van der Waals surface area contributed by atoms with Gasteiger partial charge in [-0.25, -0.2) is 0 Å². The van der Waals surface area contributed by atoms with Crippen LogP contribution in [0.15, 0.2) is 60.7 Å². The third-order valence-electron chi connectivity index (χ3n) is 6.16. The van der Waals surface area contributed by atoms with Crippen molar-refractivity contribution in [3.8, 4) is 0 Å². The number of carbonyl (C=O) groups excluding carboxylic acids is 2. The van der Waals surface area contributed by atoms with Crippen LogP contribution in [0.1, 0.15) is 76.3 Å². The van der Waals surface area contributed by atoms with Gasteiger partial charge in [0, 0.05) is 0 Å². The lowest BCUT2D eigenvalue weighted by molar-refractivity contribution is -0.173. The van der Waals surface area contributed by atoms with Crippen molar-refractivity contribution in [1.82, 2.24) is 0 Å². The number of carbonyl (C=O) groups is 2. The minimum absolute atomic E-state index is 0.266. The topological polar surface area (TPSA) is 52.6 Å². The van der Waals surface area contributed by atoms with Crippen molar-refractivity contribution in [3.63, 3.8) is 0 Å². The second-order valence-corrected chi connectivity index (χ2v) is 8.62. The summed E-state index contributed by atoms with van der Waals surface area (Å²) >= 11 is 0. The highest BCUT2D eigenvalue weighted by atomic mass is 16.6. The van der Waals surface area contributed by atoms with Crippen LogP contribution in [-0.4, -0.2) is 25.2 Å². The van der Waals surface area contributed by atoms with E-state index in [2.05, 4.69) is 48.5 Å². The molecule has 0 atom stereocenters. The molecule has 4 nitrogen and oxygen atoms in total. The number of esters is 2. The molecule has 0 aliphatic rings. The Morgan fingerprint density at radius 3 is 1.36 bits per heavy atom. The number of benzene rings is 2. The molecule has 2 aromatic rings. The second-order valence-electron chi connectivity index (χ2n) is 8.62. The summed E-state index contributed by atoms with van der Waals surface area (Å²) in [6, 6.07) is 20.8. The van der Waals surface area contributed by atoms with Crippen molar-refractivity contribution >= 4 is 11.9 Å². The molecule has 0 saturated carbocycles. The average Bonchev–Trinajstić information content (AvgIpc) is 2.84. The summed E-state index contributed by atoms with van der Waals surface area (Å²) < 4.78 is 10.8. The maximum absolute atomic E-state index is 13.0. The number of rotatable bonds is 16. The Balaban J connectivity index is 1.93. The summed E-state index contributed by atoms with van der Waals surface area (Å²) in [5, 5.41) is 0. The monoisotopic (exact) mass is 452 g/mol. The molecule has 0 aliphatic carbocycles. The van der Waals surface area contributed by atoms with Crippen molar-refractivity contribution in [1.29, 1.82) is 0 Å². The molecule has 2 rings (SSSR count). The van der Waals surface area contributed by atoms with Crippen LogP contribution in [-0.2, 0) is 31.9 Å². The number of unbranched alkanes of at least 4 members (excludes halogenated alkanes) is 4. The minimum atomic E-state index is -1.19. The zero-order valence-electron chi connectivity index (χ0n) is 20.4. The first-order valence-electron chi connectivity index (χ1n) is 12.5. The van der Waals surface area contributed by atoms with Crippen LogP contribution >= 0.6 is 0 Å². The van der Waals surface area contributed by atoms with Crippen LogP contribution in [0.25, 0.3) is 0 Å². The van der Waals surface area contributed by atoms with Gasteiger partial charge in [-0.15, -0.1) is 0 Å². The van der Waals surface area contributed by atoms with E-state index in [-0.39, 0.29) is 13.2 Å². The highest BCUT2D eigenvalue weighted by Crippen LogP contribution is 2.35. The molecule has 0 amide bonds. The summed E-state index contributed by atoms with van der Waals surface area (Å²) in [5.74, 6) is -0.843. The molecule has 0 spiro atoms. The van der Waals surface area contributed by atoms with E-state index < -0.39 is 17.4 Å². The van der Waals surface area contributed by atoms with Gasteiger partial charge in [-0.2, -0.15) is 0 Å². The SMILES string of the molecule is CCOC(=O)C(CCCCCc1ccccc1)(CCCCCc1ccccc1)C(=O)OCC. The number of ether oxygens (including phenoxy) is 2. The average molecular weight is 453 g/mol. The molecule has 180 valence electrons. The highest BCUT2D eigenvalue weighted by Gasteiger charge is 2.47. The van der Waals surface area contributed by atoms with Crippen LogP contribution in [0.3, 0.4) is 0 Å². The van der Waals surface area contributed by atoms with Crippen molar-refractivity contribution in [2.75, 3.05) is 13.2 Å². The standard InChI is InChI=1S/C29H40O4/c1-3-32-27(30)29(28(31)33-4-2,23-15-7-13-21-25-17-9-5-10-18-25)24-16-8-14-22-26-19-11-6-12-20-26/h5-6,9-12,17-20H,3-4,7-8,13-16,21-24H2,1-2H3. The lowest BCUT2D eigenvalue weighted by Gasteiger charge is -2.29. The molecule has 0 aromatic heterocycles. The summed E-state index contributed by atoms with van der Waals surface area (Å²) in [4.78, 5) is 26.1. The van der Waals surface area contributed by atoms with E-state index in [1.54, 1.807) is 13.8 Å². The maximum atomic E-state index is 13.0. The van der Waals surface area contributed by atoms with Crippen LogP contribution < -0.4 is 0 Å². The molecule has 0 bridgehead atoms. The van der Waals surface area contributed by atoms with Crippen molar-refractivity contribution in [2.24, 2.45) is 5.41 Å². The van der Waals surface area contributed by atoms with Gasteiger partial charge >= 0.3 is 11.9 Å². The maximum Gasteiger partial charge on any atom is 0.323 e. The van der Waals surface area contributed by atoms with Crippen LogP contribution in [0.2, 0.25) is 0 Å². The van der Waals surface area contributed by atoms with Gasteiger partial charge in [0.2, 0.25) is 0 Å². The van der Waals surface area contributed by atoms with Gasteiger partial charge in [-0.1, -0.05) is 86.3 Å². The summed E-state index contributed by atoms with van der Waals surface area (Å²) in [7, 11) is 0. The molecule has 0 heterocycles. The second kappa shape index (κ2) is 15.3. The first-order valence-corrected chi connectivity index (χ1v) is 12.5. The molecule has 0 saturated heterocycles. The fourth-order valence-electron chi connectivity index (χ4n) is 4.31. The van der Waals surface area contributed by atoms with E-state index in [1.807, 2.05) is 12.1 Å². The highest BCUT2D eigenvalue weighted by molar-refractivity contribution is 6.00. The Labute approximate surface area is 199 Å². The Morgan fingerprint density at radius 2 is 1.00 bits per heavy atom. The van der Waals surface area contributed by atoms with Gasteiger partial charge in [0.05, 0.1) is 13.2 Å². The van der Waals surface area contributed by atoms with Gasteiger partial charge < -0.3 is 9.47 Å². The minimum Gasteiger partial charge on any atom is -0.465 e. The zero-order chi connectivity index (χ0) is 23.8. The Morgan fingerprint density at radius 1 is 0.606 bits per heavy atom. The fraction of sp³-hybridized carbons (Fsp3) is 0.517. The van der Waals surface area contributed by atoms with Gasteiger partial charge in [0.15, 0.2) is 5.41 Å². The Kier molecular flexibility index (Phi) is 12.3. The van der Waals surface area contributed by atoms with Crippen molar-refractivity contribution in [3.05, 3.63) is 71.8 Å². The van der Waals surface area contributed by atoms with Crippen molar-refractivity contribution in [2.45, 2.75) is 78.1 Å². The van der Waals surface area contributed by atoms with Crippen LogP contribution in [0, 0.1) is 5.41 Å². The first kappa shape index (κ1) is 26.6. The fourth-order valence-corrected chi connectivity index (χ4v) is 4.31. The lowest BCUT2D eigenvalue weighted by Crippen LogP contribution is -2.42. The molecule has 0 unspecified atom stereocenters. The molecule has 0 N–H and O–H groups in total. The third kappa shape index (κ3) is 9.03. The summed E-state index contributed by atoms with van der Waals surface area (Å²) in [6.45, 7) is 4.10. The molecular formula is C29H40O4. The van der Waals surface area contributed by atoms with E-state index in [9.17, 15) is 9.59 Å². The van der Waals surface area contributed by atoms with E-state index in [0.29, 0.717) is 12.8 Å². The largest absolute Gasteiger partial charge is 0.465 e. The molecule has 0 radical (unpaired) electrons. The molecular weight excluding hydrogens is 412 g/mol. The zero-order valence-corrected chi connectivity index (χ0v) is 20.4. The predicted octanol–water partition coefficient (Wildman–Crippen LogP) is 6.71. The molecule has 0 aliphatic heterocycles. The van der Waals surface area contributed by atoms with E-state index >= 15 is 0 Å². The molecule has 33 heavy (non-hydrogen) atoms. The number of hydrogen-bond donors (Lipinski definition) is 0. The molecule has 2 aromatic carbocycles. The molecule has 4 heteroatoms. The third-order valence-corrected chi connectivity index (χ3v) is 6.16. The Hall–Kier alpha value is -2.62. The van der Waals surface area contributed by atoms with Crippen LogP contribution in [0.4, 0.5) is 0 Å².